The van der Waals surface area contributed by atoms with E-state index in [0.717, 1.165) is 51.4 Å². The van der Waals surface area contributed by atoms with E-state index in [1.807, 2.05) is 0 Å². The smallest absolute Gasteiger partial charge is 0.309 e. The second-order valence-electron chi connectivity index (χ2n) is 10.4. The van der Waals surface area contributed by atoms with Crippen LogP contribution in [0, 0.1) is 11.8 Å². The maximum atomic E-state index is 12.1. The Kier molecular flexibility index (Phi) is 12.8. The minimum atomic E-state index is -0.845. The number of allylic oxidation sites excluding steroid dienone is 2. The van der Waals surface area contributed by atoms with Crippen molar-refractivity contribution in [3.05, 3.63) is 48.0 Å². The molecule has 1 saturated carbocycles. The number of hydrogen-bond donors (Lipinski definition) is 2. The van der Waals surface area contributed by atoms with Crippen LogP contribution >= 0.6 is 0 Å². The van der Waals surface area contributed by atoms with Crippen molar-refractivity contribution >= 4 is 5.97 Å². The fourth-order valence-corrected chi connectivity index (χ4v) is 5.94. The fourth-order valence-electron chi connectivity index (χ4n) is 5.94. The van der Waals surface area contributed by atoms with E-state index in [4.69, 9.17) is 0 Å². The lowest BCUT2D eigenvalue weighted by molar-refractivity contribution is -0.148. The minimum absolute atomic E-state index is 0.00918. The Bertz CT molecular complexity index is 673. The molecule has 0 amide bonds. The van der Waals surface area contributed by atoms with Gasteiger partial charge in [-0.2, -0.15) is 0 Å². The molecule has 1 aromatic rings. The van der Waals surface area contributed by atoms with Gasteiger partial charge in [-0.25, -0.2) is 0 Å². The molecule has 1 aliphatic carbocycles. The Morgan fingerprint density at radius 2 is 1.58 bits per heavy atom. The first-order chi connectivity index (χ1) is 16.0. The van der Waals surface area contributed by atoms with Crippen LogP contribution in [0.25, 0.3) is 0 Å². The first-order valence-corrected chi connectivity index (χ1v) is 13.6. The van der Waals surface area contributed by atoms with Crippen molar-refractivity contribution in [1.29, 1.82) is 0 Å². The van der Waals surface area contributed by atoms with Gasteiger partial charge in [0.05, 0.1) is 12.0 Å². The van der Waals surface area contributed by atoms with Gasteiger partial charge >= 0.3 is 5.97 Å². The summed E-state index contributed by atoms with van der Waals surface area (Å²) in [6, 6.07) is 10.7. The second-order valence-corrected chi connectivity index (χ2v) is 10.4. The van der Waals surface area contributed by atoms with Crippen LogP contribution in [0.4, 0.5) is 0 Å². The minimum Gasteiger partial charge on any atom is -0.481 e. The molecule has 3 heteroatoms. The number of unbranched alkanes of at least 4 members (excludes halogenated alkanes) is 7. The second kappa shape index (κ2) is 15.3. The largest absolute Gasteiger partial charge is 0.481 e. The van der Waals surface area contributed by atoms with Crippen LogP contribution in [0.3, 0.4) is 0 Å². The average molecular weight is 457 g/mol. The van der Waals surface area contributed by atoms with Gasteiger partial charge in [-0.1, -0.05) is 94.4 Å². The van der Waals surface area contributed by atoms with E-state index >= 15 is 0 Å². The molecule has 2 rings (SSSR count). The zero-order chi connectivity index (χ0) is 23.9. The zero-order valence-corrected chi connectivity index (χ0v) is 21.2. The highest BCUT2D eigenvalue weighted by Gasteiger charge is 2.42. The van der Waals surface area contributed by atoms with E-state index < -0.39 is 18.0 Å². The molecule has 1 aromatic carbocycles. The predicted octanol–water partition coefficient (Wildman–Crippen LogP) is 8.06. The molecule has 0 aromatic heterocycles. The summed E-state index contributed by atoms with van der Waals surface area (Å²) in [4.78, 5) is 12.1. The Morgan fingerprint density at radius 3 is 2.12 bits per heavy atom. The third-order valence-electron chi connectivity index (χ3n) is 7.75. The number of carboxylic acids is 1. The van der Waals surface area contributed by atoms with Crippen molar-refractivity contribution in [3.8, 4) is 0 Å². The Balaban J connectivity index is 1.92. The maximum absolute atomic E-state index is 12.1. The molecule has 0 bridgehead atoms. The van der Waals surface area contributed by atoms with Crippen molar-refractivity contribution in [2.45, 2.75) is 122 Å². The molecule has 2 N–H and O–H groups in total. The lowest BCUT2D eigenvalue weighted by Gasteiger charge is -2.37. The number of aliphatic hydroxyl groups is 1. The Labute approximate surface area is 202 Å². The topological polar surface area (TPSA) is 57.5 Å². The number of benzene rings is 1. The van der Waals surface area contributed by atoms with Gasteiger partial charge in [0.25, 0.3) is 0 Å². The lowest BCUT2D eigenvalue weighted by atomic mass is 9.68. The Hall–Kier alpha value is -1.61. The van der Waals surface area contributed by atoms with E-state index in [-0.39, 0.29) is 11.3 Å². The SMILES string of the molecule is CCCCCCC=CCCCCCC(CC1(c2ccccc2)CCCC1)C(C(=O)O)C(C)O. The van der Waals surface area contributed by atoms with Crippen LogP contribution in [-0.4, -0.2) is 22.3 Å². The standard InChI is InChI=1S/C30H48O3/c1-3-4-5-6-7-8-9-10-11-12-14-19-26(28(25(2)31)29(32)33)24-30(22-17-18-23-30)27-20-15-13-16-21-27/h8-9,13,15-16,20-21,25-26,28,31H,3-7,10-12,14,17-19,22-24H2,1-2H3,(H,32,33). The summed E-state index contributed by atoms with van der Waals surface area (Å²) in [6.07, 6.45) is 21.1. The van der Waals surface area contributed by atoms with Crippen molar-refractivity contribution in [2.24, 2.45) is 11.8 Å². The molecule has 3 atom stereocenters. The van der Waals surface area contributed by atoms with Crippen LogP contribution in [0.5, 0.6) is 0 Å². The summed E-state index contributed by atoms with van der Waals surface area (Å²) in [7, 11) is 0. The van der Waals surface area contributed by atoms with Gasteiger partial charge in [-0.3, -0.25) is 4.79 Å². The average Bonchev–Trinajstić information content (AvgIpc) is 3.27. The molecule has 186 valence electrons. The highest BCUT2D eigenvalue weighted by molar-refractivity contribution is 5.71. The zero-order valence-electron chi connectivity index (χ0n) is 21.2. The number of aliphatic hydroxyl groups excluding tert-OH is 1. The molecular weight excluding hydrogens is 408 g/mol. The van der Waals surface area contributed by atoms with Gasteiger partial charge in [-0.05, 0) is 75.2 Å². The quantitative estimate of drug-likeness (QED) is 0.184. The summed E-state index contributed by atoms with van der Waals surface area (Å²) >= 11 is 0. The maximum Gasteiger partial charge on any atom is 0.309 e. The van der Waals surface area contributed by atoms with Gasteiger partial charge in [-0.15, -0.1) is 0 Å². The highest BCUT2D eigenvalue weighted by atomic mass is 16.4. The highest BCUT2D eigenvalue weighted by Crippen LogP contribution is 2.48. The first kappa shape index (κ1) is 27.6. The molecule has 3 unspecified atom stereocenters. The molecular formula is C30H48O3. The van der Waals surface area contributed by atoms with Crippen LogP contribution in [-0.2, 0) is 10.2 Å². The number of aliphatic carboxylic acids is 1. The van der Waals surface area contributed by atoms with Gasteiger partial charge in [0, 0.05) is 0 Å². The summed E-state index contributed by atoms with van der Waals surface area (Å²) in [5.74, 6) is -1.52. The first-order valence-electron chi connectivity index (χ1n) is 13.6. The van der Waals surface area contributed by atoms with E-state index in [0.29, 0.717) is 0 Å². The molecule has 1 fully saturated rings. The van der Waals surface area contributed by atoms with Gasteiger partial charge < -0.3 is 10.2 Å². The molecule has 0 saturated heterocycles. The normalized spacial score (nSPS) is 18.4. The monoisotopic (exact) mass is 456 g/mol. The van der Waals surface area contributed by atoms with Crippen molar-refractivity contribution < 1.29 is 15.0 Å². The van der Waals surface area contributed by atoms with Crippen LogP contribution in [0.2, 0.25) is 0 Å². The summed E-state index contributed by atoms with van der Waals surface area (Å²) in [6.45, 7) is 3.90. The number of rotatable bonds is 17. The Morgan fingerprint density at radius 1 is 0.970 bits per heavy atom. The summed E-state index contributed by atoms with van der Waals surface area (Å²) < 4.78 is 0. The molecule has 1 aliphatic rings. The van der Waals surface area contributed by atoms with Crippen LogP contribution < -0.4 is 0 Å². The molecule has 0 spiro atoms. The predicted molar refractivity (Wildman–Crippen MR) is 138 cm³/mol. The third kappa shape index (κ3) is 9.27. The number of carboxylic acid groups (broad SMARTS) is 1. The molecule has 33 heavy (non-hydrogen) atoms. The summed E-state index contributed by atoms with van der Waals surface area (Å²) in [5, 5.41) is 20.3. The molecule has 0 radical (unpaired) electrons. The van der Waals surface area contributed by atoms with E-state index in [1.165, 1.54) is 50.5 Å². The van der Waals surface area contributed by atoms with E-state index in [9.17, 15) is 15.0 Å². The molecule has 0 heterocycles. The molecule has 3 nitrogen and oxygen atoms in total. The lowest BCUT2D eigenvalue weighted by Crippen LogP contribution is -2.37. The number of hydrogen-bond acceptors (Lipinski definition) is 2. The molecule has 0 aliphatic heterocycles. The van der Waals surface area contributed by atoms with Crippen LogP contribution in [0.15, 0.2) is 42.5 Å². The van der Waals surface area contributed by atoms with Crippen molar-refractivity contribution in [3.63, 3.8) is 0 Å². The van der Waals surface area contributed by atoms with Gasteiger partial charge in [0.15, 0.2) is 0 Å². The van der Waals surface area contributed by atoms with E-state index in [2.05, 4.69) is 49.4 Å². The number of carbonyl (C=O) groups is 1. The van der Waals surface area contributed by atoms with Crippen LogP contribution in [0.1, 0.15) is 116 Å². The summed E-state index contributed by atoms with van der Waals surface area (Å²) in [5.41, 5.74) is 1.42. The van der Waals surface area contributed by atoms with Gasteiger partial charge in [0.2, 0.25) is 0 Å². The van der Waals surface area contributed by atoms with Gasteiger partial charge in [0.1, 0.15) is 0 Å². The fraction of sp³-hybridized carbons (Fsp3) is 0.700. The third-order valence-corrected chi connectivity index (χ3v) is 7.75. The van der Waals surface area contributed by atoms with Crippen molar-refractivity contribution in [2.75, 3.05) is 0 Å². The van der Waals surface area contributed by atoms with Crippen molar-refractivity contribution in [1.82, 2.24) is 0 Å². The van der Waals surface area contributed by atoms with E-state index in [1.54, 1.807) is 6.92 Å².